The Morgan fingerprint density at radius 1 is 0.962 bits per heavy atom. The summed E-state index contributed by atoms with van der Waals surface area (Å²) in [5, 5.41) is 24.9. The summed E-state index contributed by atoms with van der Waals surface area (Å²) in [5.41, 5.74) is 5.46. The lowest BCUT2D eigenvalue weighted by Crippen LogP contribution is -2.59. The molecule has 0 bridgehead atoms. The van der Waals surface area contributed by atoms with Crippen molar-refractivity contribution >= 4 is 23.7 Å². The van der Waals surface area contributed by atoms with Crippen LogP contribution in [0.3, 0.4) is 0 Å². The predicted octanol–water partition coefficient (Wildman–Crippen LogP) is -1.82. The lowest BCUT2D eigenvalue weighted by molar-refractivity contribution is -0.139. The molecule has 4 atom stereocenters. The van der Waals surface area contributed by atoms with Gasteiger partial charge >= 0.3 is 5.97 Å². The van der Waals surface area contributed by atoms with Gasteiger partial charge in [0.15, 0.2) is 0 Å². The van der Waals surface area contributed by atoms with Gasteiger partial charge in [-0.05, 0) is 11.8 Å². The summed E-state index contributed by atoms with van der Waals surface area (Å²) in [6.07, 6.45) is 0.574. The van der Waals surface area contributed by atoms with Crippen molar-refractivity contribution in [3.05, 3.63) is 0 Å². The number of nitrogens with one attached hydrogen (secondary N) is 3. The number of aliphatic hydroxyl groups excluding tert-OH is 1. The molecule has 0 aromatic carbocycles. The normalized spacial score (nSPS) is 15.5. The third-order valence-corrected chi connectivity index (χ3v) is 3.99. The van der Waals surface area contributed by atoms with Gasteiger partial charge in [0, 0.05) is 0 Å². The van der Waals surface area contributed by atoms with Gasteiger partial charge in [0.1, 0.15) is 24.7 Å². The van der Waals surface area contributed by atoms with E-state index in [9.17, 15) is 19.2 Å². The molecule has 0 heterocycles. The first kappa shape index (κ1) is 23.8. The second-order valence-corrected chi connectivity index (χ2v) is 6.50. The van der Waals surface area contributed by atoms with Gasteiger partial charge in [-0.25, -0.2) is 0 Å². The fourth-order valence-electron chi connectivity index (χ4n) is 2.10. The predicted molar refractivity (Wildman–Crippen MR) is 93.9 cm³/mol. The summed E-state index contributed by atoms with van der Waals surface area (Å²) < 4.78 is 0. The fourth-order valence-corrected chi connectivity index (χ4v) is 2.10. The van der Waals surface area contributed by atoms with Crippen molar-refractivity contribution in [2.75, 3.05) is 13.2 Å². The summed E-state index contributed by atoms with van der Waals surface area (Å²) >= 11 is 0. The van der Waals surface area contributed by atoms with Crippen LogP contribution in [0.4, 0.5) is 0 Å². The van der Waals surface area contributed by atoms with E-state index >= 15 is 0 Å². The van der Waals surface area contributed by atoms with Crippen LogP contribution in [0.5, 0.6) is 0 Å². The van der Waals surface area contributed by atoms with Gasteiger partial charge in [-0.3, -0.25) is 19.2 Å². The average Bonchev–Trinajstić information content (AvgIpc) is 2.59. The highest BCUT2D eigenvalue weighted by atomic mass is 16.4. The molecule has 0 radical (unpaired) electrons. The number of rotatable bonds is 11. The zero-order chi connectivity index (χ0) is 20.4. The molecular formula is C16H30N4O6. The molecule has 3 amide bonds. The lowest BCUT2D eigenvalue weighted by atomic mass is 9.96. The molecule has 0 rings (SSSR count). The maximum atomic E-state index is 12.6. The number of carbonyl (C=O) groups is 4. The summed E-state index contributed by atoms with van der Waals surface area (Å²) in [5.74, 6) is -3.64. The molecule has 0 saturated carbocycles. The van der Waals surface area contributed by atoms with E-state index in [1.165, 1.54) is 0 Å². The summed E-state index contributed by atoms with van der Waals surface area (Å²) in [6.45, 7) is 5.86. The monoisotopic (exact) mass is 374 g/mol. The van der Waals surface area contributed by atoms with Gasteiger partial charge < -0.3 is 31.9 Å². The van der Waals surface area contributed by atoms with Crippen LogP contribution in [0, 0.1) is 11.8 Å². The lowest BCUT2D eigenvalue weighted by Gasteiger charge is -2.28. The Labute approximate surface area is 152 Å². The van der Waals surface area contributed by atoms with E-state index in [0.29, 0.717) is 6.42 Å². The standard InChI is InChI=1S/C16H30N4O6/c1-5-9(4)13(20-14(24)10(17)7-21)16(26)19-12(8(2)3)15(25)18-6-11(22)23/h8-10,12-13,21H,5-7,17H2,1-4H3,(H,18,25)(H,19,26)(H,20,24)(H,22,23). The quantitative estimate of drug-likeness (QED) is 0.247. The largest absolute Gasteiger partial charge is 0.480 e. The molecule has 0 aromatic heterocycles. The van der Waals surface area contributed by atoms with E-state index in [2.05, 4.69) is 16.0 Å². The van der Waals surface area contributed by atoms with Gasteiger partial charge in [0.25, 0.3) is 0 Å². The van der Waals surface area contributed by atoms with Crippen molar-refractivity contribution < 1.29 is 29.4 Å². The Morgan fingerprint density at radius 2 is 1.50 bits per heavy atom. The zero-order valence-electron chi connectivity index (χ0n) is 15.6. The highest BCUT2D eigenvalue weighted by Crippen LogP contribution is 2.10. The Kier molecular flexibility index (Phi) is 10.5. The van der Waals surface area contributed by atoms with E-state index in [4.69, 9.17) is 15.9 Å². The SMILES string of the molecule is CCC(C)C(NC(=O)C(N)CO)C(=O)NC(C(=O)NCC(=O)O)C(C)C. The first-order valence-corrected chi connectivity index (χ1v) is 8.51. The van der Waals surface area contributed by atoms with Gasteiger partial charge in [-0.15, -0.1) is 0 Å². The minimum Gasteiger partial charge on any atom is -0.480 e. The maximum absolute atomic E-state index is 12.6. The Balaban J connectivity index is 5.19. The highest BCUT2D eigenvalue weighted by molar-refractivity contribution is 5.93. The number of amides is 3. The molecule has 0 saturated heterocycles. The number of carbonyl (C=O) groups excluding carboxylic acids is 3. The molecule has 0 aliphatic heterocycles. The molecule has 10 heteroatoms. The molecular weight excluding hydrogens is 344 g/mol. The number of hydrogen-bond donors (Lipinski definition) is 6. The molecule has 4 unspecified atom stereocenters. The van der Waals surface area contributed by atoms with Crippen LogP contribution in [0.1, 0.15) is 34.1 Å². The first-order chi connectivity index (χ1) is 12.0. The molecule has 0 aliphatic carbocycles. The summed E-state index contributed by atoms with van der Waals surface area (Å²) in [7, 11) is 0. The van der Waals surface area contributed by atoms with Crippen molar-refractivity contribution in [3.8, 4) is 0 Å². The number of nitrogens with two attached hydrogens (primary N) is 1. The summed E-state index contributed by atoms with van der Waals surface area (Å²) in [4.78, 5) is 47.3. The van der Waals surface area contributed by atoms with Crippen LogP contribution in [-0.2, 0) is 19.2 Å². The Bertz CT molecular complexity index is 511. The van der Waals surface area contributed by atoms with Gasteiger partial charge in [0.2, 0.25) is 17.7 Å². The number of aliphatic hydroxyl groups is 1. The number of aliphatic carboxylic acids is 1. The topological polar surface area (TPSA) is 171 Å². The Hall–Kier alpha value is -2.20. The zero-order valence-corrected chi connectivity index (χ0v) is 15.6. The van der Waals surface area contributed by atoms with E-state index < -0.39 is 55.0 Å². The van der Waals surface area contributed by atoms with Gasteiger partial charge in [-0.1, -0.05) is 34.1 Å². The van der Waals surface area contributed by atoms with Crippen LogP contribution in [0.25, 0.3) is 0 Å². The maximum Gasteiger partial charge on any atom is 0.322 e. The van der Waals surface area contributed by atoms with Gasteiger partial charge in [-0.2, -0.15) is 0 Å². The molecule has 0 aromatic rings. The second kappa shape index (κ2) is 11.4. The van der Waals surface area contributed by atoms with Crippen molar-refractivity contribution in [1.29, 1.82) is 0 Å². The first-order valence-electron chi connectivity index (χ1n) is 8.51. The molecule has 0 aliphatic rings. The summed E-state index contributed by atoms with van der Waals surface area (Å²) in [6, 6.07) is -3.07. The third-order valence-electron chi connectivity index (χ3n) is 3.99. The van der Waals surface area contributed by atoms with Crippen LogP contribution >= 0.6 is 0 Å². The third kappa shape index (κ3) is 7.79. The molecule has 26 heavy (non-hydrogen) atoms. The molecule has 150 valence electrons. The molecule has 7 N–H and O–H groups in total. The minimum atomic E-state index is -1.20. The van der Waals surface area contributed by atoms with Crippen molar-refractivity contribution in [1.82, 2.24) is 16.0 Å². The van der Waals surface area contributed by atoms with E-state index in [1.807, 2.05) is 6.92 Å². The van der Waals surface area contributed by atoms with Crippen LogP contribution in [0.15, 0.2) is 0 Å². The van der Waals surface area contributed by atoms with Crippen molar-refractivity contribution in [3.63, 3.8) is 0 Å². The number of hydrogen-bond acceptors (Lipinski definition) is 6. The number of carboxylic acids is 1. The highest BCUT2D eigenvalue weighted by Gasteiger charge is 2.32. The minimum absolute atomic E-state index is 0.250. The smallest absolute Gasteiger partial charge is 0.322 e. The van der Waals surface area contributed by atoms with Crippen LogP contribution in [0.2, 0.25) is 0 Å². The van der Waals surface area contributed by atoms with E-state index in [0.717, 1.165) is 0 Å². The van der Waals surface area contributed by atoms with Crippen LogP contribution in [-0.4, -0.2) is 65.2 Å². The average molecular weight is 374 g/mol. The van der Waals surface area contributed by atoms with Gasteiger partial charge in [0.05, 0.1) is 6.61 Å². The van der Waals surface area contributed by atoms with Crippen LogP contribution < -0.4 is 21.7 Å². The molecule has 0 fully saturated rings. The van der Waals surface area contributed by atoms with Crippen molar-refractivity contribution in [2.24, 2.45) is 17.6 Å². The molecule has 10 nitrogen and oxygen atoms in total. The fraction of sp³-hybridized carbons (Fsp3) is 0.750. The van der Waals surface area contributed by atoms with E-state index in [1.54, 1.807) is 20.8 Å². The van der Waals surface area contributed by atoms with Crippen molar-refractivity contribution in [2.45, 2.75) is 52.2 Å². The number of carboxylic acid groups (broad SMARTS) is 1. The molecule has 0 spiro atoms. The van der Waals surface area contributed by atoms with E-state index in [-0.39, 0.29) is 11.8 Å². The Morgan fingerprint density at radius 3 is 1.92 bits per heavy atom. The second-order valence-electron chi connectivity index (χ2n) is 6.50.